The molecule has 0 atom stereocenters. The minimum atomic E-state index is 0.256. The fraction of sp³-hybridized carbons (Fsp3) is 0.400. The van der Waals surface area contributed by atoms with Gasteiger partial charge < -0.3 is 14.6 Å². The van der Waals surface area contributed by atoms with Crippen molar-refractivity contribution in [2.75, 3.05) is 13.9 Å². The van der Waals surface area contributed by atoms with Crippen molar-refractivity contribution in [2.24, 2.45) is 0 Å². The van der Waals surface area contributed by atoms with Gasteiger partial charge in [-0.15, -0.1) is 0 Å². The molecule has 1 N–H and O–H groups in total. The predicted molar refractivity (Wildman–Crippen MR) is 119 cm³/mol. The minimum absolute atomic E-state index is 0.256. The highest BCUT2D eigenvalue weighted by atomic mass is 127. The van der Waals surface area contributed by atoms with E-state index in [4.69, 9.17) is 9.47 Å². The van der Waals surface area contributed by atoms with Gasteiger partial charge in [-0.2, -0.15) is 0 Å². The van der Waals surface area contributed by atoms with Gasteiger partial charge in [-0.25, -0.2) is 0 Å². The number of methoxy groups -OCH3 is 1. The number of hydrogen-bond donors (Lipinski definition) is 1. The lowest BCUT2D eigenvalue weighted by Gasteiger charge is -2.18. The maximum atomic E-state index is 10.3. The van der Waals surface area contributed by atoms with E-state index in [2.05, 4.69) is 85.0 Å². The van der Waals surface area contributed by atoms with Gasteiger partial charge in [-0.3, -0.25) is 0 Å². The molecule has 0 aromatic heterocycles. The Morgan fingerprint density at radius 3 is 2.20 bits per heavy atom. The fourth-order valence-corrected chi connectivity index (χ4v) is 4.59. The third kappa shape index (κ3) is 4.60. The van der Waals surface area contributed by atoms with Gasteiger partial charge in [0.2, 0.25) is 0 Å². The summed E-state index contributed by atoms with van der Waals surface area (Å²) in [4.78, 5) is 0. The van der Waals surface area contributed by atoms with E-state index in [1.165, 1.54) is 16.7 Å². The third-order valence-corrected chi connectivity index (χ3v) is 7.03. The normalized spacial score (nSPS) is 11.2. The Hall–Kier alpha value is -0.540. The van der Waals surface area contributed by atoms with E-state index in [-0.39, 0.29) is 6.79 Å². The molecule has 0 amide bonds. The van der Waals surface area contributed by atoms with E-state index >= 15 is 0 Å². The molecule has 2 rings (SSSR count). The molecule has 0 saturated carbocycles. The van der Waals surface area contributed by atoms with Gasteiger partial charge in [0.25, 0.3) is 0 Å². The zero-order chi connectivity index (χ0) is 18.7. The summed E-state index contributed by atoms with van der Waals surface area (Å²) < 4.78 is 12.6. The maximum Gasteiger partial charge on any atom is 0.188 e. The number of halogens is 2. The molecule has 0 bridgehead atoms. The van der Waals surface area contributed by atoms with Crippen molar-refractivity contribution < 1.29 is 14.6 Å². The van der Waals surface area contributed by atoms with E-state index in [0.717, 1.165) is 30.4 Å². The van der Waals surface area contributed by atoms with Gasteiger partial charge >= 0.3 is 0 Å². The Morgan fingerprint density at radius 1 is 1.08 bits per heavy atom. The van der Waals surface area contributed by atoms with Crippen molar-refractivity contribution in [3.63, 3.8) is 0 Å². The Balaban J connectivity index is 2.43. The maximum absolute atomic E-state index is 10.3. The molecule has 136 valence electrons. The summed E-state index contributed by atoms with van der Waals surface area (Å²) in [6.07, 6.45) is 0.841. The van der Waals surface area contributed by atoms with Gasteiger partial charge in [-0.1, -0.05) is 26.0 Å². The number of phenolic OH excluding ortho intramolecular Hbond substituents is 1. The monoisotopic (exact) mass is 566 g/mol. The SMILES string of the molecule is COCOc1ccc(Cc2c(C)c(I)c(O)c(I)c2C)cc1C(C)C. The van der Waals surface area contributed by atoms with Gasteiger partial charge in [0, 0.05) is 7.11 Å². The second-order valence-corrected chi connectivity index (χ2v) is 8.62. The predicted octanol–water partition coefficient (Wildman–Crippen LogP) is 5.92. The molecule has 0 fully saturated rings. The summed E-state index contributed by atoms with van der Waals surface area (Å²) in [5.41, 5.74) is 6.03. The molecule has 0 spiro atoms. The molecule has 0 radical (unpaired) electrons. The van der Waals surface area contributed by atoms with Gasteiger partial charge in [0.1, 0.15) is 11.5 Å². The van der Waals surface area contributed by atoms with Crippen molar-refractivity contribution in [2.45, 2.75) is 40.0 Å². The lowest BCUT2D eigenvalue weighted by atomic mass is 9.93. The summed E-state index contributed by atoms with van der Waals surface area (Å²) in [5.74, 6) is 1.64. The van der Waals surface area contributed by atoms with Gasteiger partial charge in [0.15, 0.2) is 6.79 Å². The van der Waals surface area contributed by atoms with Crippen LogP contribution >= 0.6 is 45.2 Å². The number of ether oxygens (including phenoxy) is 2. The number of aromatic hydroxyl groups is 1. The van der Waals surface area contributed by atoms with Gasteiger partial charge in [0.05, 0.1) is 7.14 Å². The lowest BCUT2D eigenvalue weighted by Crippen LogP contribution is -2.05. The lowest BCUT2D eigenvalue weighted by molar-refractivity contribution is 0.0502. The van der Waals surface area contributed by atoms with Crippen LogP contribution in [0.4, 0.5) is 0 Å². The van der Waals surface area contributed by atoms with E-state index in [0.29, 0.717) is 11.7 Å². The molecular formula is C20H24I2O3. The van der Waals surface area contributed by atoms with E-state index in [1.54, 1.807) is 7.11 Å². The zero-order valence-electron chi connectivity index (χ0n) is 15.2. The smallest absolute Gasteiger partial charge is 0.188 e. The van der Waals surface area contributed by atoms with Crippen LogP contribution in [-0.4, -0.2) is 19.0 Å². The summed E-state index contributed by atoms with van der Waals surface area (Å²) in [6, 6.07) is 6.37. The van der Waals surface area contributed by atoms with Crippen LogP contribution in [0.2, 0.25) is 0 Å². The van der Waals surface area contributed by atoms with Crippen LogP contribution in [-0.2, 0) is 11.2 Å². The average Bonchev–Trinajstić information content (AvgIpc) is 2.60. The highest BCUT2D eigenvalue weighted by Gasteiger charge is 2.17. The quantitative estimate of drug-likeness (QED) is 0.349. The third-order valence-electron chi connectivity index (χ3n) is 4.39. The average molecular weight is 566 g/mol. The first-order chi connectivity index (χ1) is 11.8. The molecule has 0 unspecified atom stereocenters. The molecule has 2 aromatic rings. The largest absolute Gasteiger partial charge is 0.506 e. The Morgan fingerprint density at radius 2 is 1.68 bits per heavy atom. The second kappa shape index (κ2) is 8.90. The van der Waals surface area contributed by atoms with Crippen molar-refractivity contribution in [3.8, 4) is 11.5 Å². The molecule has 2 aromatic carbocycles. The molecule has 25 heavy (non-hydrogen) atoms. The Bertz CT molecular complexity index is 741. The molecule has 3 nitrogen and oxygen atoms in total. The first kappa shape index (κ1) is 20.8. The fourth-order valence-electron chi connectivity index (χ4n) is 2.88. The summed E-state index contributed by atoms with van der Waals surface area (Å²) in [5, 5.41) is 10.3. The van der Waals surface area contributed by atoms with E-state index < -0.39 is 0 Å². The van der Waals surface area contributed by atoms with Crippen LogP contribution in [0.15, 0.2) is 18.2 Å². The second-order valence-electron chi connectivity index (χ2n) is 6.46. The van der Waals surface area contributed by atoms with Crippen LogP contribution < -0.4 is 4.74 Å². The van der Waals surface area contributed by atoms with Crippen LogP contribution in [0.3, 0.4) is 0 Å². The highest BCUT2D eigenvalue weighted by Crippen LogP contribution is 2.36. The van der Waals surface area contributed by atoms with Crippen LogP contribution in [0.25, 0.3) is 0 Å². The topological polar surface area (TPSA) is 38.7 Å². The molecule has 0 heterocycles. The first-order valence-electron chi connectivity index (χ1n) is 8.18. The van der Waals surface area contributed by atoms with Crippen molar-refractivity contribution in [1.82, 2.24) is 0 Å². The molecule has 0 aliphatic rings. The summed E-state index contributed by atoms with van der Waals surface area (Å²) >= 11 is 4.46. The summed E-state index contributed by atoms with van der Waals surface area (Å²) in [7, 11) is 1.63. The number of benzene rings is 2. The molecule has 0 saturated heterocycles. The molecule has 5 heteroatoms. The number of rotatable bonds is 6. The standard InChI is InChI=1S/C20H24I2O3/c1-11(2)15-8-14(6-7-17(15)25-10-24-5)9-16-12(3)18(21)20(23)19(22)13(16)4/h6-8,11,23H,9-10H2,1-5H3. The number of hydrogen-bond acceptors (Lipinski definition) is 3. The molecule has 0 aliphatic heterocycles. The van der Waals surface area contributed by atoms with Crippen molar-refractivity contribution >= 4 is 45.2 Å². The Kier molecular flexibility index (Phi) is 7.40. The van der Waals surface area contributed by atoms with Crippen molar-refractivity contribution in [3.05, 3.63) is 53.2 Å². The minimum Gasteiger partial charge on any atom is -0.506 e. The summed E-state index contributed by atoms with van der Waals surface area (Å²) in [6.45, 7) is 8.76. The van der Waals surface area contributed by atoms with Crippen molar-refractivity contribution in [1.29, 1.82) is 0 Å². The Labute approximate surface area is 177 Å². The molecular weight excluding hydrogens is 542 g/mol. The van der Waals surface area contributed by atoms with Gasteiger partial charge in [-0.05, 0) is 105 Å². The van der Waals surface area contributed by atoms with E-state index in [9.17, 15) is 5.11 Å². The number of phenols is 1. The molecule has 0 aliphatic carbocycles. The first-order valence-corrected chi connectivity index (χ1v) is 10.3. The van der Waals surface area contributed by atoms with E-state index in [1.807, 2.05) is 6.07 Å². The zero-order valence-corrected chi connectivity index (χ0v) is 19.6. The van der Waals surface area contributed by atoms with Crippen LogP contribution in [0.1, 0.15) is 47.6 Å². The highest BCUT2D eigenvalue weighted by molar-refractivity contribution is 14.1. The van der Waals surface area contributed by atoms with Crippen LogP contribution in [0, 0.1) is 21.0 Å². The van der Waals surface area contributed by atoms with Crippen LogP contribution in [0.5, 0.6) is 11.5 Å².